The van der Waals surface area contributed by atoms with Crippen molar-refractivity contribution in [3.63, 3.8) is 0 Å². The molecule has 0 bridgehead atoms. The molecule has 2 fully saturated rings. The summed E-state index contributed by atoms with van der Waals surface area (Å²) in [6, 6.07) is 10.4. The van der Waals surface area contributed by atoms with Crippen molar-refractivity contribution in [3.8, 4) is 0 Å². The van der Waals surface area contributed by atoms with Crippen molar-refractivity contribution in [2.45, 2.75) is 31.2 Å². The summed E-state index contributed by atoms with van der Waals surface area (Å²) in [5.74, 6) is 0. The van der Waals surface area contributed by atoms with Gasteiger partial charge in [0, 0.05) is 25.3 Å². The minimum atomic E-state index is -0.779. The SMILES string of the molecule is O=C(O)N1CCCC2(CCCN2c2ccccc2)C1. The Kier molecular flexibility index (Phi) is 3.09. The molecule has 1 atom stereocenters. The summed E-state index contributed by atoms with van der Waals surface area (Å²) in [5, 5.41) is 9.25. The lowest BCUT2D eigenvalue weighted by Gasteiger charge is -2.46. The Hall–Kier alpha value is -1.71. The molecule has 4 heteroatoms. The average Bonchev–Trinajstić information content (AvgIpc) is 2.83. The molecular weight excluding hydrogens is 240 g/mol. The van der Waals surface area contributed by atoms with Gasteiger partial charge in [-0.1, -0.05) is 18.2 Å². The fourth-order valence-corrected chi connectivity index (χ4v) is 3.65. The van der Waals surface area contributed by atoms with Gasteiger partial charge in [0.15, 0.2) is 0 Å². The first-order valence-electron chi connectivity index (χ1n) is 7.02. The molecule has 1 unspecified atom stereocenters. The molecule has 1 N–H and O–H groups in total. The number of nitrogens with zero attached hydrogens (tertiary/aromatic N) is 2. The summed E-state index contributed by atoms with van der Waals surface area (Å²) < 4.78 is 0. The van der Waals surface area contributed by atoms with E-state index in [1.165, 1.54) is 5.69 Å². The van der Waals surface area contributed by atoms with Gasteiger partial charge in [0.1, 0.15) is 0 Å². The van der Waals surface area contributed by atoms with Gasteiger partial charge >= 0.3 is 6.09 Å². The van der Waals surface area contributed by atoms with Gasteiger partial charge in [-0.25, -0.2) is 4.79 Å². The second-order valence-electron chi connectivity index (χ2n) is 5.62. The molecule has 1 spiro atoms. The Balaban J connectivity index is 1.87. The van der Waals surface area contributed by atoms with Crippen molar-refractivity contribution in [1.82, 2.24) is 4.90 Å². The van der Waals surface area contributed by atoms with E-state index in [-0.39, 0.29) is 5.54 Å². The van der Waals surface area contributed by atoms with Gasteiger partial charge in [0.25, 0.3) is 0 Å². The van der Waals surface area contributed by atoms with E-state index < -0.39 is 6.09 Å². The van der Waals surface area contributed by atoms with Crippen molar-refractivity contribution < 1.29 is 9.90 Å². The van der Waals surface area contributed by atoms with Gasteiger partial charge < -0.3 is 14.9 Å². The lowest BCUT2D eigenvalue weighted by Crippen LogP contribution is -2.57. The zero-order valence-electron chi connectivity index (χ0n) is 11.1. The molecule has 1 amide bonds. The summed E-state index contributed by atoms with van der Waals surface area (Å²) in [6.45, 7) is 2.37. The van der Waals surface area contributed by atoms with Gasteiger partial charge in [0.05, 0.1) is 5.54 Å². The van der Waals surface area contributed by atoms with Crippen molar-refractivity contribution in [2.75, 3.05) is 24.5 Å². The number of benzene rings is 1. The maximum Gasteiger partial charge on any atom is 0.407 e. The van der Waals surface area contributed by atoms with Crippen LogP contribution in [0.1, 0.15) is 25.7 Å². The number of anilines is 1. The number of hydrogen-bond acceptors (Lipinski definition) is 2. The van der Waals surface area contributed by atoms with Gasteiger partial charge in [0.2, 0.25) is 0 Å². The first kappa shape index (κ1) is 12.3. The Morgan fingerprint density at radius 3 is 2.47 bits per heavy atom. The molecule has 19 heavy (non-hydrogen) atoms. The standard InChI is InChI=1S/C15H20N2O2/c18-14(19)16-10-4-8-15(12-16)9-5-11-17(15)13-6-2-1-3-7-13/h1-3,6-7H,4-5,8-12H2,(H,18,19). The number of carbonyl (C=O) groups is 1. The number of likely N-dealkylation sites (tertiary alicyclic amines) is 1. The van der Waals surface area contributed by atoms with E-state index in [9.17, 15) is 9.90 Å². The Bertz CT molecular complexity index is 462. The maximum absolute atomic E-state index is 11.2. The topological polar surface area (TPSA) is 43.8 Å². The molecule has 0 aromatic heterocycles. The van der Waals surface area contributed by atoms with E-state index in [0.29, 0.717) is 13.1 Å². The first-order valence-corrected chi connectivity index (χ1v) is 7.02. The zero-order chi connectivity index (χ0) is 13.3. The lowest BCUT2D eigenvalue weighted by atomic mass is 9.86. The van der Waals surface area contributed by atoms with Gasteiger partial charge in [-0.15, -0.1) is 0 Å². The van der Waals surface area contributed by atoms with E-state index in [1.807, 2.05) is 6.07 Å². The molecular formula is C15H20N2O2. The highest BCUT2D eigenvalue weighted by atomic mass is 16.4. The van der Waals surface area contributed by atoms with Crippen LogP contribution in [0.3, 0.4) is 0 Å². The molecule has 1 aromatic rings. The zero-order valence-corrected chi connectivity index (χ0v) is 11.1. The second-order valence-corrected chi connectivity index (χ2v) is 5.62. The van der Waals surface area contributed by atoms with E-state index >= 15 is 0 Å². The molecule has 4 nitrogen and oxygen atoms in total. The largest absolute Gasteiger partial charge is 0.465 e. The second kappa shape index (κ2) is 4.76. The van der Waals surface area contributed by atoms with Gasteiger partial charge in [-0.2, -0.15) is 0 Å². The molecule has 102 valence electrons. The Labute approximate surface area is 113 Å². The highest BCUT2D eigenvalue weighted by molar-refractivity contribution is 5.65. The molecule has 2 aliphatic heterocycles. The number of carboxylic acid groups (broad SMARTS) is 1. The Morgan fingerprint density at radius 2 is 1.79 bits per heavy atom. The van der Waals surface area contributed by atoms with Crippen molar-refractivity contribution in [1.29, 1.82) is 0 Å². The minimum absolute atomic E-state index is 0.0258. The molecule has 2 heterocycles. The third-order valence-corrected chi connectivity index (χ3v) is 4.49. The van der Waals surface area contributed by atoms with Crippen LogP contribution in [0.5, 0.6) is 0 Å². The average molecular weight is 260 g/mol. The summed E-state index contributed by atoms with van der Waals surface area (Å²) in [7, 11) is 0. The van der Waals surface area contributed by atoms with Gasteiger partial charge in [-0.05, 0) is 37.8 Å². The van der Waals surface area contributed by atoms with Crippen LogP contribution in [0.15, 0.2) is 30.3 Å². The van der Waals surface area contributed by atoms with E-state index in [4.69, 9.17) is 0 Å². The van der Waals surface area contributed by atoms with Crippen LogP contribution in [0, 0.1) is 0 Å². The van der Waals surface area contributed by atoms with Crippen molar-refractivity contribution in [2.24, 2.45) is 0 Å². The predicted molar refractivity (Wildman–Crippen MR) is 74.6 cm³/mol. The molecule has 3 rings (SSSR count). The lowest BCUT2D eigenvalue weighted by molar-refractivity contribution is 0.111. The van der Waals surface area contributed by atoms with Crippen LogP contribution in [0.4, 0.5) is 10.5 Å². The number of rotatable bonds is 1. The van der Waals surface area contributed by atoms with Crippen LogP contribution in [-0.4, -0.2) is 41.3 Å². The molecule has 0 saturated carbocycles. The summed E-state index contributed by atoms with van der Waals surface area (Å²) in [4.78, 5) is 15.3. The van der Waals surface area contributed by atoms with Crippen molar-refractivity contribution in [3.05, 3.63) is 30.3 Å². The van der Waals surface area contributed by atoms with Gasteiger partial charge in [-0.3, -0.25) is 0 Å². The molecule has 1 aromatic carbocycles. The maximum atomic E-state index is 11.2. The number of piperidine rings is 1. The summed E-state index contributed by atoms with van der Waals surface area (Å²) >= 11 is 0. The third kappa shape index (κ3) is 2.15. The van der Waals surface area contributed by atoms with Crippen molar-refractivity contribution >= 4 is 11.8 Å². The van der Waals surface area contributed by atoms with Crippen LogP contribution >= 0.6 is 0 Å². The minimum Gasteiger partial charge on any atom is -0.465 e. The monoisotopic (exact) mass is 260 g/mol. The first-order chi connectivity index (χ1) is 9.21. The van der Waals surface area contributed by atoms with Crippen LogP contribution in [0.2, 0.25) is 0 Å². The fraction of sp³-hybridized carbons (Fsp3) is 0.533. The number of para-hydroxylation sites is 1. The summed E-state index contributed by atoms with van der Waals surface area (Å²) in [5.41, 5.74) is 1.25. The van der Waals surface area contributed by atoms with E-state index in [2.05, 4.69) is 29.2 Å². The predicted octanol–water partition coefficient (Wildman–Crippen LogP) is 2.80. The van der Waals surface area contributed by atoms with Crippen LogP contribution < -0.4 is 4.90 Å². The third-order valence-electron chi connectivity index (χ3n) is 4.49. The number of amides is 1. The van der Waals surface area contributed by atoms with Crippen LogP contribution in [-0.2, 0) is 0 Å². The molecule has 2 aliphatic rings. The molecule has 0 aliphatic carbocycles. The normalized spacial score (nSPS) is 26.9. The molecule has 2 saturated heterocycles. The van der Waals surface area contributed by atoms with Crippen LogP contribution in [0.25, 0.3) is 0 Å². The smallest absolute Gasteiger partial charge is 0.407 e. The quantitative estimate of drug-likeness (QED) is 0.844. The van der Waals surface area contributed by atoms with E-state index in [0.717, 1.165) is 32.2 Å². The highest BCUT2D eigenvalue weighted by Gasteiger charge is 2.44. The summed E-state index contributed by atoms with van der Waals surface area (Å²) in [6.07, 6.45) is 3.55. The Morgan fingerprint density at radius 1 is 1.11 bits per heavy atom. The highest BCUT2D eigenvalue weighted by Crippen LogP contribution is 2.40. The van der Waals surface area contributed by atoms with E-state index in [1.54, 1.807) is 4.90 Å². The molecule has 0 radical (unpaired) electrons. The fourth-order valence-electron chi connectivity index (χ4n) is 3.65. The number of hydrogen-bond donors (Lipinski definition) is 1.